The van der Waals surface area contributed by atoms with Crippen LogP contribution in [-0.4, -0.2) is 50.4 Å². The molecule has 0 saturated heterocycles. The normalized spacial score (nSPS) is 11.3. The lowest BCUT2D eigenvalue weighted by Gasteiger charge is -2.21. The molecule has 3 rings (SSSR count). The molecule has 0 unspecified atom stereocenters. The Hall–Kier alpha value is -4.28. The van der Waals surface area contributed by atoms with Gasteiger partial charge in [-0.3, -0.25) is 9.59 Å². The van der Waals surface area contributed by atoms with Gasteiger partial charge in [-0.2, -0.15) is 9.41 Å². The van der Waals surface area contributed by atoms with Gasteiger partial charge in [0.25, 0.3) is 5.91 Å². The molecule has 0 radical (unpaired) electrons. The zero-order valence-electron chi connectivity index (χ0n) is 21.0. The Labute approximate surface area is 222 Å². The van der Waals surface area contributed by atoms with E-state index < -0.39 is 22.5 Å². The number of hydrazone groups is 1. The number of benzene rings is 3. The molecule has 3 aromatic carbocycles. The van der Waals surface area contributed by atoms with Crippen molar-refractivity contribution in [1.82, 2.24) is 9.73 Å². The van der Waals surface area contributed by atoms with Crippen LogP contribution in [0.3, 0.4) is 0 Å². The van der Waals surface area contributed by atoms with Crippen molar-refractivity contribution in [3.8, 4) is 5.75 Å². The van der Waals surface area contributed by atoms with Crippen molar-refractivity contribution in [2.75, 3.05) is 25.0 Å². The number of sulfonamides is 1. The summed E-state index contributed by atoms with van der Waals surface area (Å²) in [6, 6.07) is 22.3. The third kappa shape index (κ3) is 8.68. The molecule has 0 aliphatic rings. The fourth-order valence-electron chi connectivity index (χ4n) is 3.42. The van der Waals surface area contributed by atoms with Crippen molar-refractivity contribution in [1.29, 1.82) is 0 Å². The molecule has 0 atom stereocenters. The molecule has 2 N–H and O–H groups in total. The SMILES string of the molecule is C=CCOc1ccc(/C=N\NC(=O)CN(CCc2ccccc2)S(=O)(=O)c2ccc(NC(C)=O)cc2)cc1. The first kappa shape index (κ1) is 28.3. The molecular formula is C28H30N4O5S. The van der Waals surface area contributed by atoms with Gasteiger partial charge in [-0.25, -0.2) is 13.8 Å². The number of hydrogen-bond acceptors (Lipinski definition) is 6. The van der Waals surface area contributed by atoms with Crippen molar-refractivity contribution < 1.29 is 22.7 Å². The minimum atomic E-state index is -4.01. The van der Waals surface area contributed by atoms with Crippen LogP contribution in [0.25, 0.3) is 0 Å². The highest BCUT2D eigenvalue weighted by Crippen LogP contribution is 2.19. The van der Waals surface area contributed by atoms with E-state index in [1.807, 2.05) is 30.3 Å². The lowest BCUT2D eigenvalue weighted by atomic mass is 10.1. The molecule has 38 heavy (non-hydrogen) atoms. The van der Waals surface area contributed by atoms with Gasteiger partial charge in [-0.1, -0.05) is 43.0 Å². The molecule has 0 aliphatic heterocycles. The summed E-state index contributed by atoms with van der Waals surface area (Å²) < 4.78 is 33.4. The second-order valence-corrected chi connectivity index (χ2v) is 10.2. The van der Waals surface area contributed by atoms with Crippen LogP contribution in [0.15, 0.2) is 102 Å². The molecule has 198 valence electrons. The first-order valence-corrected chi connectivity index (χ1v) is 13.3. The highest BCUT2D eigenvalue weighted by Gasteiger charge is 2.26. The van der Waals surface area contributed by atoms with E-state index in [0.717, 1.165) is 15.4 Å². The van der Waals surface area contributed by atoms with Crippen molar-refractivity contribution >= 4 is 33.7 Å². The lowest BCUT2D eigenvalue weighted by Crippen LogP contribution is -2.40. The molecule has 3 aromatic rings. The molecule has 0 bridgehead atoms. The summed E-state index contributed by atoms with van der Waals surface area (Å²) in [5.41, 5.74) is 4.53. The van der Waals surface area contributed by atoms with Gasteiger partial charge in [0.1, 0.15) is 12.4 Å². The van der Waals surface area contributed by atoms with Gasteiger partial charge in [0.05, 0.1) is 17.7 Å². The van der Waals surface area contributed by atoms with Gasteiger partial charge in [0, 0.05) is 19.2 Å². The highest BCUT2D eigenvalue weighted by atomic mass is 32.2. The number of hydrogen-bond donors (Lipinski definition) is 2. The standard InChI is InChI=1S/C28H30N4O5S/c1-3-19-37-26-13-9-24(10-14-26)20-29-31-28(34)21-32(18-17-23-7-5-4-6-8-23)38(35,36)27-15-11-25(12-16-27)30-22(2)33/h3-16,20H,1,17-19,21H2,2H3,(H,30,33)(H,31,34)/b29-20-. The average molecular weight is 535 g/mol. The summed E-state index contributed by atoms with van der Waals surface area (Å²) in [5.74, 6) is -0.173. The molecular weight excluding hydrogens is 504 g/mol. The van der Waals surface area contributed by atoms with Crippen LogP contribution < -0.4 is 15.5 Å². The van der Waals surface area contributed by atoms with Crippen molar-refractivity contribution in [2.24, 2.45) is 5.10 Å². The fraction of sp³-hybridized carbons (Fsp3) is 0.179. The molecule has 0 aromatic heterocycles. The van der Waals surface area contributed by atoms with Crippen LogP contribution in [0.1, 0.15) is 18.1 Å². The Morgan fingerprint density at radius 1 is 1.00 bits per heavy atom. The van der Waals surface area contributed by atoms with E-state index in [0.29, 0.717) is 24.5 Å². The first-order valence-electron chi connectivity index (χ1n) is 11.9. The van der Waals surface area contributed by atoms with Crippen LogP contribution in [0, 0.1) is 0 Å². The molecule has 0 fully saturated rings. The summed E-state index contributed by atoms with van der Waals surface area (Å²) in [6.45, 7) is 5.03. The highest BCUT2D eigenvalue weighted by molar-refractivity contribution is 7.89. The summed E-state index contributed by atoms with van der Waals surface area (Å²) in [4.78, 5) is 24.0. The molecule has 10 heteroatoms. The minimum absolute atomic E-state index is 0.00901. The number of carbonyl (C=O) groups is 2. The number of carbonyl (C=O) groups excluding carboxylic acids is 2. The van der Waals surface area contributed by atoms with Crippen LogP contribution in [0.4, 0.5) is 5.69 Å². The third-order valence-electron chi connectivity index (χ3n) is 5.28. The van der Waals surface area contributed by atoms with Gasteiger partial charge in [0.2, 0.25) is 15.9 Å². The van der Waals surface area contributed by atoms with E-state index in [-0.39, 0.29) is 17.3 Å². The van der Waals surface area contributed by atoms with Crippen LogP contribution >= 0.6 is 0 Å². The van der Waals surface area contributed by atoms with E-state index in [1.165, 1.54) is 37.4 Å². The van der Waals surface area contributed by atoms with Gasteiger partial charge in [-0.05, 0) is 66.1 Å². The Kier molecular flexibility index (Phi) is 10.3. The topological polar surface area (TPSA) is 117 Å². The fourth-order valence-corrected chi connectivity index (χ4v) is 4.82. The molecule has 2 amide bonds. The molecule has 9 nitrogen and oxygen atoms in total. The second kappa shape index (κ2) is 13.9. The number of ether oxygens (including phenoxy) is 1. The summed E-state index contributed by atoms with van der Waals surface area (Å²) in [7, 11) is -4.01. The summed E-state index contributed by atoms with van der Waals surface area (Å²) >= 11 is 0. The maximum absolute atomic E-state index is 13.4. The molecule has 0 heterocycles. The smallest absolute Gasteiger partial charge is 0.255 e. The predicted octanol–water partition coefficient (Wildman–Crippen LogP) is 3.59. The minimum Gasteiger partial charge on any atom is -0.490 e. The Balaban J connectivity index is 1.70. The second-order valence-electron chi connectivity index (χ2n) is 8.24. The van der Waals surface area contributed by atoms with E-state index in [2.05, 4.69) is 22.4 Å². The number of nitrogens with zero attached hydrogens (tertiary/aromatic N) is 2. The summed E-state index contributed by atoms with van der Waals surface area (Å²) in [6.07, 6.45) is 3.52. The maximum atomic E-state index is 13.4. The lowest BCUT2D eigenvalue weighted by molar-refractivity contribution is -0.121. The molecule has 0 spiro atoms. The van der Waals surface area contributed by atoms with Crippen molar-refractivity contribution in [3.05, 3.63) is 103 Å². The molecule has 0 saturated carbocycles. The van der Waals surface area contributed by atoms with Gasteiger partial charge < -0.3 is 10.1 Å². The predicted molar refractivity (Wildman–Crippen MR) is 148 cm³/mol. The van der Waals surface area contributed by atoms with Crippen LogP contribution in [0.5, 0.6) is 5.75 Å². The zero-order valence-corrected chi connectivity index (χ0v) is 21.9. The van der Waals surface area contributed by atoms with E-state index >= 15 is 0 Å². The Morgan fingerprint density at radius 3 is 2.32 bits per heavy atom. The third-order valence-corrected chi connectivity index (χ3v) is 7.14. The maximum Gasteiger partial charge on any atom is 0.255 e. The first-order chi connectivity index (χ1) is 18.3. The van der Waals surface area contributed by atoms with E-state index in [1.54, 1.807) is 30.3 Å². The van der Waals surface area contributed by atoms with E-state index in [9.17, 15) is 18.0 Å². The Bertz CT molecular complexity index is 1360. The van der Waals surface area contributed by atoms with Crippen LogP contribution in [0.2, 0.25) is 0 Å². The van der Waals surface area contributed by atoms with Crippen LogP contribution in [-0.2, 0) is 26.0 Å². The van der Waals surface area contributed by atoms with Gasteiger partial charge >= 0.3 is 0 Å². The largest absolute Gasteiger partial charge is 0.490 e. The zero-order chi connectivity index (χ0) is 27.4. The molecule has 0 aliphatic carbocycles. The number of nitrogens with one attached hydrogen (secondary N) is 2. The van der Waals surface area contributed by atoms with Gasteiger partial charge in [0.15, 0.2) is 0 Å². The summed E-state index contributed by atoms with van der Waals surface area (Å²) in [5, 5.41) is 6.56. The quantitative estimate of drug-likeness (QED) is 0.197. The average Bonchev–Trinajstić information content (AvgIpc) is 2.91. The Morgan fingerprint density at radius 2 is 1.68 bits per heavy atom. The monoisotopic (exact) mass is 534 g/mol. The van der Waals surface area contributed by atoms with Crippen molar-refractivity contribution in [2.45, 2.75) is 18.2 Å². The van der Waals surface area contributed by atoms with Gasteiger partial charge in [-0.15, -0.1) is 0 Å². The number of anilines is 1. The van der Waals surface area contributed by atoms with Crippen molar-refractivity contribution in [3.63, 3.8) is 0 Å². The van der Waals surface area contributed by atoms with E-state index in [4.69, 9.17) is 4.74 Å². The number of amides is 2. The number of rotatable bonds is 13.